The van der Waals surface area contributed by atoms with Crippen molar-refractivity contribution in [3.63, 3.8) is 0 Å². The van der Waals surface area contributed by atoms with E-state index in [0.29, 0.717) is 15.9 Å². The van der Waals surface area contributed by atoms with Crippen molar-refractivity contribution < 1.29 is 17.9 Å². The molecule has 0 radical (unpaired) electrons. The Balaban J connectivity index is 1.62. The van der Waals surface area contributed by atoms with Crippen molar-refractivity contribution in [2.24, 2.45) is 0 Å². The van der Waals surface area contributed by atoms with Crippen LogP contribution in [0.2, 0.25) is 0 Å². The van der Waals surface area contributed by atoms with Gasteiger partial charge >= 0.3 is 0 Å². The molecular weight excluding hydrogens is 461 g/mol. The van der Waals surface area contributed by atoms with Crippen LogP contribution < -0.4 is 10.1 Å². The molecule has 2 aromatic heterocycles. The fraction of sp³-hybridized carbons (Fsp3) is 0.286. The number of rotatable bonds is 6. The Morgan fingerprint density at radius 2 is 1.93 bits per heavy atom. The topological polar surface area (TPSA) is 59.9 Å². The van der Waals surface area contributed by atoms with Crippen molar-refractivity contribution in [1.29, 1.82) is 0 Å². The van der Waals surface area contributed by atoms with Gasteiger partial charge in [-0.1, -0.05) is 0 Å². The molecule has 3 aromatic rings. The van der Waals surface area contributed by atoms with E-state index in [0.717, 1.165) is 0 Å². The lowest BCUT2D eigenvalue weighted by atomic mass is 9.65. The smallest absolute Gasteiger partial charge is 0.223 e. The molecule has 1 saturated carbocycles. The number of nitrogens with one attached hydrogen (secondary N) is 1. The Labute approximate surface area is 179 Å². The highest BCUT2D eigenvalue weighted by Gasteiger charge is 2.48. The predicted molar refractivity (Wildman–Crippen MR) is 110 cm³/mol. The molecule has 0 bridgehead atoms. The monoisotopic (exact) mass is 478 g/mol. The summed E-state index contributed by atoms with van der Waals surface area (Å²) < 4.78 is 48.5. The molecule has 4 rings (SSSR count). The molecule has 0 aliphatic heterocycles. The summed E-state index contributed by atoms with van der Waals surface area (Å²) in [5.74, 6) is -0.439. The summed E-state index contributed by atoms with van der Waals surface area (Å²) in [5.41, 5.74) is -0.0567. The Bertz CT molecular complexity index is 1080. The van der Waals surface area contributed by atoms with Crippen molar-refractivity contribution in [3.05, 3.63) is 64.5 Å². The van der Waals surface area contributed by atoms with Crippen molar-refractivity contribution in [2.75, 3.05) is 19.0 Å². The first-order chi connectivity index (χ1) is 14.4. The lowest BCUT2D eigenvalue weighted by Crippen LogP contribution is -2.49. The lowest BCUT2D eigenvalue weighted by molar-refractivity contribution is 0.0963. The Hall–Kier alpha value is -2.68. The first-order valence-corrected chi connectivity index (χ1v) is 10.1. The first kappa shape index (κ1) is 20.6. The summed E-state index contributed by atoms with van der Waals surface area (Å²) in [6.45, 7) is 0.197. The third-order valence-corrected chi connectivity index (χ3v) is 5.87. The molecule has 1 aromatic carbocycles. The molecular formula is C21H18BrF3N4O. The number of halogens is 4. The number of hydrogen-bond acceptors (Lipinski definition) is 5. The van der Waals surface area contributed by atoms with Crippen LogP contribution in [0.25, 0.3) is 11.3 Å². The zero-order valence-electron chi connectivity index (χ0n) is 16.0. The van der Waals surface area contributed by atoms with Gasteiger partial charge in [-0.15, -0.1) is 0 Å². The van der Waals surface area contributed by atoms with E-state index in [4.69, 9.17) is 4.74 Å². The van der Waals surface area contributed by atoms with Gasteiger partial charge < -0.3 is 10.1 Å². The SMILES string of the molecule is COc1c(Br)ccc(F)c1-c1ccnc(NCC2(c3ncccc3F)CC(F)C2)n1. The van der Waals surface area contributed by atoms with Crippen molar-refractivity contribution in [3.8, 4) is 17.0 Å². The van der Waals surface area contributed by atoms with Crippen molar-refractivity contribution in [2.45, 2.75) is 24.4 Å². The molecule has 2 heterocycles. The minimum absolute atomic E-state index is 0.154. The summed E-state index contributed by atoms with van der Waals surface area (Å²) in [6.07, 6.45) is 2.27. The summed E-state index contributed by atoms with van der Waals surface area (Å²) in [6, 6.07) is 7.24. The maximum atomic E-state index is 14.5. The van der Waals surface area contributed by atoms with Gasteiger partial charge in [0.25, 0.3) is 0 Å². The summed E-state index contributed by atoms with van der Waals surface area (Å²) in [4.78, 5) is 12.7. The van der Waals surface area contributed by atoms with E-state index in [-0.39, 0.29) is 36.6 Å². The quantitative estimate of drug-likeness (QED) is 0.535. The van der Waals surface area contributed by atoms with E-state index in [9.17, 15) is 13.2 Å². The highest BCUT2D eigenvalue weighted by Crippen LogP contribution is 2.45. The molecule has 0 atom stereocenters. The number of pyridine rings is 1. The molecule has 0 spiro atoms. The molecule has 1 aliphatic carbocycles. The van der Waals surface area contributed by atoms with E-state index >= 15 is 0 Å². The number of benzene rings is 1. The van der Waals surface area contributed by atoms with Crippen LogP contribution in [0.3, 0.4) is 0 Å². The van der Waals surface area contributed by atoms with Gasteiger partial charge in [0.05, 0.1) is 28.5 Å². The van der Waals surface area contributed by atoms with Gasteiger partial charge in [0.2, 0.25) is 5.95 Å². The summed E-state index contributed by atoms with van der Waals surface area (Å²) >= 11 is 3.34. The number of ether oxygens (including phenoxy) is 1. The predicted octanol–water partition coefficient (Wildman–Crippen LogP) is 5.07. The molecule has 0 unspecified atom stereocenters. The standard InChI is InChI=1S/C21H18BrF3N4O/c1-30-18-13(22)4-5-14(24)17(18)16-6-8-27-20(29-16)28-11-21(9-12(23)10-21)19-15(25)3-2-7-26-19/h2-8,12H,9-11H2,1H3,(H,27,28,29). The Kier molecular flexibility index (Phi) is 5.64. The van der Waals surface area contributed by atoms with Crippen molar-refractivity contribution >= 4 is 21.9 Å². The number of nitrogens with zero attached hydrogens (tertiary/aromatic N) is 3. The zero-order valence-corrected chi connectivity index (χ0v) is 17.6. The maximum Gasteiger partial charge on any atom is 0.223 e. The molecule has 0 saturated heterocycles. The molecule has 5 nitrogen and oxygen atoms in total. The third-order valence-electron chi connectivity index (χ3n) is 5.24. The van der Waals surface area contributed by atoms with Crippen LogP contribution >= 0.6 is 15.9 Å². The molecule has 1 fully saturated rings. The Morgan fingerprint density at radius 3 is 2.63 bits per heavy atom. The van der Waals surface area contributed by atoms with Crippen LogP contribution in [0.5, 0.6) is 5.75 Å². The van der Waals surface area contributed by atoms with Gasteiger partial charge in [-0.05, 0) is 59.1 Å². The number of methoxy groups -OCH3 is 1. The molecule has 156 valence electrons. The largest absolute Gasteiger partial charge is 0.495 e. The van der Waals surface area contributed by atoms with Gasteiger partial charge in [0.1, 0.15) is 23.6 Å². The second kappa shape index (κ2) is 8.22. The van der Waals surface area contributed by atoms with Gasteiger partial charge in [-0.25, -0.2) is 23.1 Å². The highest BCUT2D eigenvalue weighted by molar-refractivity contribution is 9.10. The average Bonchev–Trinajstić information content (AvgIpc) is 2.72. The third kappa shape index (κ3) is 3.74. The summed E-state index contributed by atoms with van der Waals surface area (Å²) in [5, 5.41) is 3.04. The van der Waals surface area contributed by atoms with E-state index in [1.807, 2.05) is 0 Å². The minimum Gasteiger partial charge on any atom is -0.495 e. The van der Waals surface area contributed by atoms with E-state index in [1.165, 1.54) is 37.7 Å². The van der Waals surface area contributed by atoms with E-state index < -0.39 is 23.2 Å². The van der Waals surface area contributed by atoms with Crippen LogP contribution in [-0.4, -0.2) is 34.8 Å². The highest BCUT2D eigenvalue weighted by atomic mass is 79.9. The Morgan fingerprint density at radius 1 is 1.13 bits per heavy atom. The van der Waals surface area contributed by atoms with Crippen LogP contribution in [0, 0.1) is 11.6 Å². The van der Waals surface area contributed by atoms with Gasteiger partial charge in [-0.3, -0.25) is 4.98 Å². The second-order valence-electron chi connectivity index (χ2n) is 7.18. The maximum absolute atomic E-state index is 14.5. The molecule has 9 heteroatoms. The van der Waals surface area contributed by atoms with Crippen LogP contribution in [0.4, 0.5) is 19.1 Å². The van der Waals surface area contributed by atoms with E-state index in [1.54, 1.807) is 12.1 Å². The number of hydrogen-bond donors (Lipinski definition) is 1. The fourth-order valence-corrected chi connectivity index (χ4v) is 4.28. The van der Waals surface area contributed by atoms with Gasteiger partial charge in [0.15, 0.2) is 0 Å². The van der Waals surface area contributed by atoms with Gasteiger partial charge in [-0.2, -0.15) is 0 Å². The normalized spacial score (nSPS) is 20.5. The number of aromatic nitrogens is 3. The van der Waals surface area contributed by atoms with Crippen molar-refractivity contribution in [1.82, 2.24) is 15.0 Å². The zero-order chi connectivity index (χ0) is 21.3. The van der Waals surface area contributed by atoms with Gasteiger partial charge in [0, 0.05) is 24.4 Å². The minimum atomic E-state index is -1.01. The fourth-order valence-electron chi connectivity index (χ4n) is 3.79. The number of anilines is 1. The molecule has 0 amide bonds. The van der Waals surface area contributed by atoms with Crippen LogP contribution in [0.1, 0.15) is 18.5 Å². The average molecular weight is 479 g/mol. The summed E-state index contributed by atoms with van der Waals surface area (Å²) in [7, 11) is 1.44. The second-order valence-corrected chi connectivity index (χ2v) is 8.03. The number of alkyl halides is 1. The first-order valence-electron chi connectivity index (χ1n) is 9.28. The molecule has 1 aliphatic rings. The molecule has 30 heavy (non-hydrogen) atoms. The van der Waals surface area contributed by atoms with E-state index in [2.05, 4.69) is 36.2 Å². The lowest BCUT2D eigenvalue weighted by Gasteiger charge is -2.43. The molecule has 1 N–H and O–H groups in total. The van der Waals surface area contributed by atoms with Crippen LogP contribution in [0.15, 0.2) is 47.2 Å². The van der Waals surface area contributed by atoms with Crippen LogP contribution in [-0.2, 0) is 5.41 Å².